The average Bonchev–Trinajstić information content (AvgIpc) is 2.49. The smallest absolute Gasteiger partial charge is 0.224 e. The molecule has 1 amide bonds. The first-order chi connectivity index (χ1) is 9.75. The fraction of sp³-hybridized carbons (Fsp3) is 0.533. The Bertz CT molecular complexity index is 418. The molecule has 1 aromatic rings. The lowest BCUT2D eigenvalue weighted by molar-refractivity contribution is -0.125. The highest BCUT2D eigenvalue weighted by atomic mass is 32.2. The van der Waals surface area contributed by atoms with Crippen LogP contribution < -0.4 is 10.6 Å². The van der Waals surface area contributed by atoms with Gasteiger partial charge in [0.05, 0.1) is 5.92 Å². The van der Waals surface area contributed by atoms with Crippen LogP contribution in [0.5, 0.6) is 0 Å². The molecular formula is C15H21FN2OS. The van der Waals surface area contributed by atoms with Gasteiger partial charge in [-0.2, -0.15) is 0 Å². The third-order valence-corrected chi connectivity index (χ3v) is 4.47. The standard InChI is InChI=1S/C15H21FN2OS/c16-13-4-6-14(7-5-13)20-10-2-9-18-15(19)12-3-1-8-17-11-12/h4-7,12,17H,1-3,8-11H2,(H,18,19). The van der Waals surface area contributed by atoms with Gasteiger partial charge >= 0.3 is 0 Å². The summed E-state index contributed by atoms with van der Waals surface area (Å²) in [5, 5.41) is 6.24. The van der Waals surface area contributed by atoms with Gasteiger partial charge in [-0.05, 0) is 55.8 Å². The lowest BCUT2D eigenvalue weighted by Crippen LogP contribution is -2.40. The summed E-state index contributed by atoms with van der Waals surface area (Å²) in [7, 11) is 0. The zero-order valence-corrected chi connectivity index (χ0v) is 12.3. The maximum Gasteiger partial charge on any atom is 0.224 e. The molecule has 1 aliphatic heterocycles. The lowest BCUT2D eigenvalue weighted by atomic mass is 9.99. The minimum atomic E-state index is -0.206. The van der Waals surface area contributed by atoms with Crippen molar-refractivity contribution in [3.8, 4) is 0 Å². The van der Waals surface area contributed by atoms with Crippen LogP contribution in [-0.4, -0.2) is 31.3 Å². The number of halogens is 1. The van der Waals surface area contributed by atoms with Gasteiger partial charge in [0.1, 0.15) is 5.82 Å². The van der Waals surface area contributed by atoms with Gasteiger partial charge in [-0.1, -0.05) is 0 Å². The summed E-state index contributed by atoms with van der Waals surface area (Å²) in [4.78, 5) is 12.9. The molecule has 3 nitrogen and oxygen atoms in total. The number of carbonyl (C=O) groups excluding carboxylic acids is 1. The molecule has 0 aliphatic carbocycles. The van der Waals surface area contributed by atoms with E-state index in [9.17, 15) is 9.18 Å². The molecule has 2 N–H and O–H groups in total. The fourth-order valence-electron chi connectivity index (χ4n) is 2.22. The predicted molar refractivity (Wildman–Crippen MR) is 80.3 cm³/mol. The van der Waals surface area contributed by atoms with Gasteiger partial charge in [0, 0.05) is 18.0 Å². The molecule has 1 fully saturated rings. The summed E-state index contributed by atoms with van der Waals surface area (Å²) in [6, 6.07) is 6.51. The normalized spacial score (nSPS) is 18.8. The fourth-order valence-corrected chi connectivity index (χ4v) is 3.08. The summed E-state index contributed by atoms with van der Waals surface area (Å²) in [5.74, 6) is 1.02. The van der Waals surface area contributed by atoms with E-state index in [2.05, 4.69) is 10.6 Å². The molecule has 0 bridgehead atoms. The van der Waals surface area contributed by atoms with Crippen molar-refractivity contribution in [2.24, 2.45) is 5.92 Å². The van der Waals surface area contributed by atoms with Crippen molar-refractivity contribution >= 4 is 17.7 Å². The van der Waals surface area contributed by atoms with E-state index in [1.807, 2.05) is 0 Å². The largest absolute Gasteiger partial charge is 0.356 e. The second-order valence-corrected chi connectivity index (χ2v) is 6.16. The maximum absolute atomic E-state index is 12.7. The molecule has 1 heterocycles. The topological polar surface area (TPSA) is 41.1 Å². The summed E-state index contributed by atoms with van der Waals surface area (Å²) in [6.45, 7) is 2.54. The minimum absolute atomic E-state index is 0.133. The van der Waals surface area contributed by atoms with Gasteiger partial charge in [0.15, 0.2) is 0 Å². The molecule has 0 saturated carbocycles. The van der Waals surface area contributed by atoms with E-state index in [0.717, 1.165) is 43.0 Å². The molecule has 110 valence electrons. The van der Waals surface area contributed by atoms with Crippen LogP contribution in [0.2, 0.25) is 0 Å². The first-order valence-electron chi connectivity index (χ1n) is 7.12. The third-order valence-electron chi connectivity index (χ3n) is 3.37. The molecule has 0 radical (unpaired) electrons. The number of amides is 1. The van der Waals surface area contributed by atoms with Crippen molar-refractivity contribution < 1.29 is 9.18 Å². The zero-order chi connectivity index (χ0) is 14.2. The third kappa shape index (κ3) is 5.13. The van der Waals surface area contributed by atoms with Crippen LogP contribution in [0.1, 0.15) is 19.3 Å². The van der Waals surface area contributed by atoms with Crippen molar-refractivity contribution in [2.75, 3.05) is 25.4 Å². The molecule has 1 saturated heterocycles. The van der Waals surface area contributed by atoms with E-state index < -0.39 is 0 Å². The van der Waals surface area contributed by atoms with E-state index in [4.69, 9.17) is 0 Å². The van der Waals surface area contributed by atoms with Crippen LogP contribution in [-0.2, 0) is 4.79 Å². The Labute approximate surface area is 123 Å². The quantitative estimate of drug-likeness (QED) is 0.626. The van der Waals surface area contributed by atoms with Crippen LogP contribution in [0, 0.1) is 11.7 Å². The van der Waals surface area contributed by atoms with Gasteiger partial charge in [-0.3, -0.25) is 4.79 Å². The molecule has 0 aromatic heterocycles. The molecule has 1 aromatic carbocycles. The minimum Gasteiger partial charge on any atom is -0.356 e. The van der Waals surface area contributed by atoms with Crippen LogP contribution >= 0.6 is 11.8 Å². The number of carbonyl (C=O) groups is 1. The van der Waals surface area contributed by atoms with E-state index in [-0.39, 0.29) is 17.6 Å². The molecule has 2 rings (SSSR count). The Morgan fingerprint density at radius 1 is 1.40 bits per heavy atom. The number of rotatable bonds is 6. The Morgan fingerprint density at radius 3 is 2.90 bits per heavy atom. The van der Waals surface area contributed by atoms with Crippen molar-refractivity contribution in [3.05, 3.63) is 30.1 Å². The zero-order valence-electron chi connectivity index (χ0n) is 11.5. The first kappa shape index (κ1) is 15.3. The van der Waals surface area contributed by atoms with Gasteiger partial charge in [-0.25, -0.2) is 4.39 Å². The van der Waals surface area contributed by atoms with Crippen molar-refractivity contribution in [3.63, 3.8) is 0 Å². The van der Waals surface area contributed by atoms with E-state index in [0.29, 0.717) is 6.54 Å². The molecule has 20 heavy (non-hydrogen) atoms. The van der Waals surface area contributed by atoms with Crippen LogP contribution in [0.3, 0.4) is 0 Å². The highest BCUT2D eigenvalue weighted by Gasteiger charge is 2.19. The number of hydrogen-bond acceptors (Lipinski definition) is 3. The van der Waals surface area contributed by atoms with Crippen LogP contribution in [0.25, 0.3) is 0 Å². The molecular weight excluding hydrogens is 275 g/mol. The first-order valence-corrected chi connectivity index (χ1v) is 8.11. The highest BCUT2D eigenvalue weighted by molar-refractivity contribution is 7.99. The second kappa shape index (κ2) is 8.27. The Balaban J connectivity index is 1.57. The summed E-state index contributed by atoms with van der Waals surface area (Å²) in [5.41, 5.74) is 0. The van der Waals surface area contributed by atoms with Crippen LogP contribution in [0.15, 0.2) is 29.2 Å². The molecule has 5 heteroatoms. The van der Waals surface area contributed by atoms with E-state index in [1.54, 1.807) is 23.9 Å². The molecule has 0 spiro atoms. The number of thioether (sulfide) groups is 1. The number of hydrogen-bond donors (Lipinski definition) is 2. The average molecular weight is 296 g/mol. The Morgan fingerprint density at radius 2 is 2.20 bits per heavy atom. The van der Waals surface area contributed by atoms with E-state index >= 15 is 0 Å². The summed E-state index contributed by atoms with van der Waals surface area (Å²) >= 11 is 1.69. The SMILES string of the molecule is O=C(NCCCSc1ccc(F)cc1)C1CCCNC1. The van der Waals surface area contributed by atoms with Crippen molar-refractivity contribution in [1.29, 1.82) is 0 Å². The van der Waals surface area contributed by atoms with Gasteiger partial charge in [0.2, 0.25) is 5.91 Å². The Kier molecular flexibility index (Phi) is 6.33. The monoisotopic (exact) mass is 296 g/mol. The molecule has 1 atom stereocenters. The lowest BCUT2D eigenvalue weighted by Gasteiger charge is -2.21. The highest BCUT2D eigenvalue weighted by Crippen LogP contribution is 2.18. The van der Waals surface area contributed by atoms with Gasteiger partial charge < -0.3 is 10.6 Å². The number of benzene rings is 1. The second-order valence-electron chi connectivity index (χ2n) is 4.99. The maximum atomic E-state index is 12.7. The predicted octanol–water partition coefficient (Wildman–Crippen LogP) is 2.42. The Hall–Kier alpha value is -1.07. The summed E-state index contributed by atoms with van der Waals surface area (Å²) < 4.78 is 12.7. The van der Waals surface area contributed by atoms with Crippen LogP contribution in [0.4, 0.5) is 4.39 Å². The summed E-state index contributed by atoms with van der Waals surface area (Å²) in [6.07, 6.45) is 3.00. The molecule has 1 unspecified atom stereocenters. The molecule has 1 aliphatic rings. The number of nitrogens with one attached hydrogen (secondary N) is 2. The van der Waals surface area contributed by atoms with E-state index in [1.165, 1.54) is 12.1 Å². The van der Waals surface area contributed by atoms with Crippen molar-refractivity contribution in [2.45, 2.75) is 24.2 Å². The van der Waals surface area contributed by atoms with Gasteiger partial charge in [0.25, 0.3) is 0 Å². The van der Waals surface area contributed by atoms with Gasteiger partial charge in [-0.15, -0.1) is 11.8 Å². The van der Waals surface area contributed by atoms with Crippen molar-refractivity contribution in [1.82, 2.24) is 10.6 Å². The number of piperidine rings is 1.